The summed E-state index contributed by atoms with van der Waals surface area (Å²) in [6.45, 7) is 3.96. The number of ether oxygens (including phenoxy) is 3. The van der Waals surface area contributed by atoms with Crippen molar-refractivity contribution < 1.29 is 14.2 Å². The van der Waals surface area contributed by atoms with E-state index in [1.807, 2.05) is 12.1 Å². The molecule has 3 heterocycles. The number of benzene rings is 1. The van der Waals surface area contributed by atoms with E-state index in [1.54, 1.807) is 19.2 Å². The lowest BCUT2D eigenvalue weighted by molar-refractivity contribution is 0.254. The summed E-state index contributed by atoms with van der Waals surface area (Å²) in [6, 6.07) is 9.16. The molecule has 0 spiro atoms. The molecule has 0 saturated carbocycles. The van der Waals surface area contributed by atoms with Gasteiger partial charge in [0, 0.05) is 30.3 Å². The molecule has 1 aliphatic rings. The Morgan fingerprint density at radius 1 is 1.15 bits per heavy atom. The van der Waals surface area contributed by atoms with Crippen molar-refractivity contribution in [3.05, 3.63) is 41.0 Å². The summed E-state index contributed by atoms with van der Waals surface area (Å²) in [6.07, 6.45) is 5.02. The van der Waals surface area contributed by atoms with E-state index in [9.17, 15) is 5.26 Å². The molecule has 0 aliphatic carbocycles. The van der Waals surface area contributed by atoms with Gasteiger partial charge in [-0.1, -0.05) is 11.6 Å². The van der Waals surface area contributed by atoms with Gasteiger partial charge in [-0.2, -0.15) is 10.2 Å². The topological polar surface area (TPSA) is 92.5 Å². The molecule has 2 aromatic heterocycles. The van der Waals surface area contributed by atoms with Gasteiger partial charge in [0.15, 0.2) is 17.3 Å². The zero-order valence-corrected chi connectivity index (χ0v) is 19.5. The molecule has 4 rings (SSSR count). The summed E-state index contributed by atoms with van der Waals surface area (Å²) < 4.78 is 16.8. The molecule has 1 saturated heterocycles. The number of anilines is 2. The highest BCUT2D eigenvalue weighted by molar-refractivity contribution is 6.33. The van der Waals surface area contributed by atoms with Crippen LogP contribution in [0.25, 0.3) is 10.9 Å². The third-order valence-corrected chi connectivity index (χ3v) is 5.93. The minimum atomic E-state index is 0.351. The second kappa shape index (κ2) is 10.6. The summed E-state index contributed by atoms with van der Waals surface area (Å²) in [4.78, 5) is 11.3. The molecule has 1 aromatic carbocycles. The predicted molar refractivity (Wildman–Crippen MR) is 128 cm³/mol. The van der Waals surface area contributed by atoms with Gasteiger partial charge in [-0.3, -0.25) is 4.98 Å². The summed E-state index contributed by atoms with van der Waals surface area (Å²) >= 11 is 6.32. The molecule has 33 heavy (non-hydrogen) atoms. The SMILES string of the molecule is COc1ccc(Cl)c(Nc2c(C#N)cnc3cc(OCCCN4CCCC4)c(OC)cc23)n1. The largest absolute Gasteiger partial charge is 0.493 e. The number of halogens is 1. The first-order valence-corrected chi connectivity index (χ1v) is 11.2. The van der Waals surface area contributed by atoms with Crippen LogP contribution >= 0.6 is 11.6 Å². The Kier molecular flexibility index (Phi) is 7.33. The second-order valence-corrected chi connectivity index (χ2v) is 8.15. The molecule has 0 atom stereocenters. The van der Waals surface area contributed by atoms with Gasteiger partial charge in [-0.15, -0.1) is 0 Å². The van der Waals surface area contributed by atoms with Crippen molar-refractivity contribution >= 4 is 34.0 Å². The molecule has 172 valence electrons. The number of fused-ring (bicyclic) bond motifs is 1. The van der Waals surface area contributed by atoms with Crippen LogP contribution in [0.2, 0.25) is 5.02 Å². The normalized spacial score (nSPS) is 13.6. The average molecular weight is 468 g/mol. The van der Waals surface area contributed by atoms with E-state index >= 15 is 0 Å². The van der Waals surface area contributed by atoms with Crippen LogP contribution in [0.5, 0.6) is 17.4 Å². The smallest absolute Gasteiger partial charge is 0.214 e. The molecule has 0 bridgehead atoms. The van der Waals surface area contributed by atoms with Crippen LogP contribution in [0.3, 0.4) is 0 Å². The standard InChI is InChI=1S/C24H26ClN5O3/c1-31-20-12-17-19(13-21(20)33-11-5-10-30-8-3-4-9-30)27-15-16(14-26)23(17)29-24-18(25)6-7-22(28-24)32-2/h6-7,12-13,15H,3-5,8-11H2,1-2H3,(H,27,28,29). The fraction of sp³-hybridized carbons (Fsp3) is 0.375. The number of nitrogens with one attached hydrogen (secondary N) is 1. The van der Waals surface area contributed by atoms with Crippen LogP contribution in [0.1, 0.15) is 24.8 Å². The summed E-state index contributed by atoms with van der Waals surface area (Å²) in [5, 5.41) is 13.9. The van der Waals surface area contributed by atoms with Crippen LogP contribution in [0.15, 0.2) is 30.5 Å². The maximum absolute atomic E-state index is 9.67. The fourth-order valence-electron chi connectivity index (χ4n) is 3.91. The van der Waals surface area contributed by atoms with Crippen molar-refractivity contribution in [3.63, 3.8) is 0 Å². The first-order chi connectivity index (χ1) is 16.1. The van der Waals surface area contributed by atoms with Crippen molar-refractivity contribution in [1.29, 1.82) is 5.26 Å². The molecular formula is C24H26ClN5O3. The number of nitriles is 1. The molecule has 1 aliphatic heterocycles. The average Bonchev–Trinajstić information content (AvgIpc) is 3.36. The van der Waals surface area contributed by atoms with Gasteiger partial charge in [0.05, 0.1) is 42.6 Å². The van der Waals surface area contributed by atoms with Gasteiger partial charge in [0.2, 0.25) is 5.88 Å². The Bertz CT molecular complexity index is 1170. The molecule has 0 radical (unpaired) electrons. The van der Waals surface area contributed by atoms with Gasteiger partial charge in [0.1, 0.15) is 6.07 Å². The molecule has 0 amide bonds. The van der Waals surface area contributed by atoms with Crippen molar-refractivity contribution in [2.75, 3.05) is 45.8 Å². The number of hydrogen-bond donors (Lipinski definition) is 1. The Morgan fingerprint density at radius 3 is 2.70 bits per heavy atom. The molecule has 1 N–H and O–H groups in total. The highest BCUT2D eigenvalue weighted by Crippen LogP contribution is 2.38. The predicted octanol–water partition coefficient (Wildman–Crippen LogP) is 4.78. The van der Waals surface area contributed by atoms with E-state index in [4.69, 9.17) is 25.8 Å². The Morgan fingerprint density at radius 2 is 1.97 bits per heavy atom. The minimum Gasteiger partial charge on any atom is -0.493 e. The fourth-order valence-corrected chi connectivity index (χ4v) is 4.06. The lowest BCUT2D eigenvalue weighted by Crippen LogP contribution is -2.21. The van der Waals surface area contributed by atoms with Crippen molar-refractivity contribution in [1.82, 2.24) is 14.9 Å². The number of pyridine rings is 2. The number of rotatable bonds is 9. The van der Waals surface area contributed by atoms with E-state index in [1.165, 1.54) is 39.2 Å². The van der Waals surface area contributed by atoms with Crippen molar-refractivity contribution in [2.45, 2.75) is 19.3 Å². The van der Waals surface area contributed by atoms with Gasteiger partial charge in [-0.05, 0) is 44.5 Å². The van der Waals surface area contributed by atoms with Gasteiger partial charge < -0.3 is 24.4 Å². The molecule has 1 fully saturated rings. The lowest BCUT2D eigenvalue weighted by atomic mass is 10.1. The molecule has 3 aromatic rings. The van der Waals surface area contributed by atoms with Gasteiger partial charge >= 0.3 is 0 Å². The second-order valence-electron chi connectivity index (χ2n) is 7.74. The molecule has 0 unspecified atom stereocenters. The van der Waals surface area contributed by atoms with Crippen molar-refractivity contribution in [2.24, 2.45) is 0 Å². The van der Waals surface area contributed by atoms with E-state index in [0.717, 1.165) is 13.0 Å². The number of nitrogens with zero attached hydrogens (tertiary/aromatic N) is 4. The first-order valence-electron chi connectivity index (χ1n) is 10.9. The van der Waals surface area contributed by atoms with Gasteiger partial charge in [-0.25, -0.2) is 0 Å². The van der Waals surface area contributed by atoms with E-state index in [2.05, 4.69) is 26.3 Å². The molecule has 9 heteroatoms. The maximum atomic E-state index is 9.67. The highest BCUT2D eigenvalue weighted by atomic mass is 35.5. The maximum Gasteiger partial charge on any atom is 0.214 e. The molecule has 8 nitrogen and oxygen atoms in total. The van der Waals surface area contributed by atoms with E-state index < -0.39 is 0 Å². The monoisotopic (exact) mass is 467 g/mol. The van der Waals surface area contributed by atoms with Crippen LogP contribution in [0.4, 0.5) is 11.5 Å². The van der Waals surface area contributed by atoms with Crippen LogP contribution < -0.4 is 19.5 Å². The number of aromatic nitrogens is 2. The van der Waals surface area contributed by atoms with Gasteiger partial charge in [0.25, 0.3) is 0 Å². The lowest BCUT2D eigenvalue weighted by Gasteiger charge is -2.17. The zero-order chi connectivity index (χ0) is 23.2. The first kappa shape index (κ1) is 22.9. The Balaban J connectivity index is 1.62. The van der Waals surface area contributed by atoms with E-state index in [0.29, 0.717) is 57.0 Å². The third-order valence-electron chi connectivity index (χ3n) is 5.62. The van der Waals surface area contributed by atoms with E-state index in [-0.39, 0.29) is 0 Å². The highest BCUT2D eigenvalue weighted by Gasteiger charge is 2.17. The summed E-state index contributed by atoms with van der Waals surface area (Å²) in [5.74, 6) is 1.96. The Labute approximate surface area is 198 Å². The van der Waals surface area contributed by atoms with Crippen molar-refractivity contribution in [3.8, 4) is 23.4 Å². The summed E-state index contributed by atoms with van der Waals surface area (Å²) in [7, 11) is 3.12. The zero-order valence-electron chi connectivity index (χ0n) is 18.7. The van der Waals surface area contributed by atoms with Crippen LogP contribution in [-0.2, 0) is 0 Å². The number of hydrogen-bond acceptors (Lipinski definition) is 8. The van der Waals surface area contributed by atoms with Crippen LogP contribution in [0, 0.1) is 11.3 Å². The number of methoxy groups -OCH3 is 2. The quantitative estimate of drug-likeness (QED) is 0.449. The third kappa shape index (κ3) is 5.21. The summed E-state index contributed by atoms with van der Waals surface area (Å²) in [5.41, 5.74) is 1.54. The molecular weight excluding hydrogens is 442 g/mol. The van der Waals surface area contributed by atoms with Crippen LogP contribution in [-0.4, -0.2) is 55.3 Å². The Hall–Kier alpha value is -3.28. The number of likely N-dealkylation sites (tertiary alicyclic amines) is 1. The minimum absolute atomic E-state index is 0.351.